The van der Waals surface area contributed by atoms with Crippen LogP contribution in [0.15, 0.2) is 6.20 Å². The molecule has 1 saturated heterocycles. The predicted molar refractivity (Wildman–Crippen MR) is 67.6 cm³/mol. The number of nitrogens with one attached hydrogen (secondary N) is 1. The lowest BCUT2D eigenvalue weighted by molar-refractivity contribution is -0.193. The van der Waals surface area contributed by atoms with Gasteiger partial charge >= 0.3 is 0 Å². The standard InChI is InChI=1S/C11H18N4O2S/c1-10(2)5-8(11(3,4)15(10)17)13-9(16)7-6-12-18-14-7/h6,8,17H,5H2,1-4H3,(H,13,16). The molecule has 0 saturated carbocycles. The lowest BCUT2D eigenvalue weighted by atomic mass is 9.94. The Hall–Kier alpha value is -1.05. The molecule has 1 amide bonds. The fourth-order valence-electron chi connectivity index (χ4n) is 2.49. The zero-order chi connectivity index (χ0) is 13.6. The van der Waals surface area contributed by atoms with Crippen LogP contribution in [-0.2, 0) is 0 Å². The van der Waals surface area contributed by atoms with Gasteiger partial charge in [-0.25, -0.2) is 0 Å². The van der Waals surface area contributed by atoms with Gasteiger partial charge in [-0.05, 0) is 34.1 Å². The highest BCUT2D eigenvalue weighted by molar-refractivity contribution is 6.99. The van der Waals surface area contributed by atoms with Gasteiger partial charge in [0.05, 0.1) is 29.5 Å². The lowest BCUT2D eigenvalue weighted by Crippen LogP contribution is -2.53. The molecular weight excluding hydrogens is 252 g/mol. The van der Waals surface area contributed by atoms with E-state index in [0.29, 0.717) is 12.1 Å². The SMILES string of the molecule is CC1(C)CC(NC(=O)c2cnsn2)C(C)(C)N1O. The van der Waals surface area contributed by atoms with Crippen LogP contribution in [0.25, 0.3) is 0 Å². The van der Waals surface area contributed by atoms with Crippen LogP contribution in [0, 0.1) is 0 Å². The highest BCUT2D eigenvalue weighted by Crippen LogP contribution is 2.39. The molecule has 2 rings (SSSR count). The Bertz CT molecular complexity index is 444. The summed E-state index contributed by atoms with van der Waals surface area (Å²) in [5.74, 6) is -0.243. The van der Waals surface area contributed by atoms with E-state index in [4.69, 9.17) is 0 Å². The Morgan fingerprint density at radius 2 is 2.22 bits per heavy atom. The number of amides is 1. The average Bonchev–Trinajstić information content (AvgIpc) is 2.83. The van der Waals surface area contributed by atoms with Crippen molar-refractivity contribution < 1.29 is 10.0 Å². The Morgan fingerprint density at radius 1 is 1.56 bits per heavy atom. The highest BCUT2D eigenvalue weighted by Gasteiger charge is 2.51. The monoisotopic (exact) mass is 270 g/mol. The molecule has 7 heteroatoms. The molecule has 1 fully saturated rings. The van der Waals surface area contributed by atoms with E-state index in [2.05, 4.69) is 14.1 Å². The molecule has 2 heterocycles. The predicted octanol–water partition coefficient (Wildman–Crippen LogP) is 1.29. The van der Waals surface area contributed by atoms with Crippen LogP contribution in [0.4, 0.5) is 0 Å². The third-order valence-electron chi connectivity index (χ3n) is 3.57. The maximum atomic E-state index is 12.0. The minimum absolute atomic E-state index is 0.133. The van der Waals surface area contributed by atoms with Crippen molar-refractivity contribution in [3.05, 3.63) is 11.9 Å². The maximum absolute atomic E-state index is 12.0. The third kappa shape index (κ3) is 2.13. The summed E-state index contributed by atoms with van der Waals surface area (Å²) in [7, 11) is 0. The molecule has 1 unspecified atom stereocenters. The first-order valence-corrected chi connectivity index (χ1v) is 6.56. The fraction of sp³-hybridized carbons (Fsp3) is 0.727. The van der Waals surface area contributed by atoms with Gasteiger partial charge in [-0.2, -0.15) is 13.8 Å². The number of rotatable bonds is 2. The first kappa shape index (κ1) is 13.4. The number of hydrogen-bond donors (Lipinski definition) is 2. The van der Waals surface area contributed by atoms with Crippen LogP contribution < -0.4 is 5.32 Å². The van der Waals surface area contributed by atoms with Crippen LogP contribution in [0.2, 0.25) is 0 Å². The highest BCUT2D eigenvalue weighted by atomic mass is 32.1. The molecule has 1 atom stereocenters. The van der Waals surface area contributed by atoms with Crippen LogP contribution >= 0.6 is 11.7 Å². The molecule has 1 aliphatic heterocycles. The Morgan fingerprint density at radius 3 is 2.67 bits per heavy atom. The van der Waals surface area contributed by atoms with Gasteiger partial charge in [-0.3, -0.25) is 4.79 Å². The van der Waals surface area contributed by atoms with Gasteiger partial charge < -0.3 is 10.5 Å². The Labute approximate surface area is 110 Å². The molecular formula is C11H18N4O2S. The minimum Gasteiger partial charge on any atom is -0.346 e. The van der Waals surface area contributed by atoms with Crippen molar-refractivity contribution in [3.63, 3.8) is 0 Å². The van der Waals surface area contributed by atoms with E-state index in [9.17, 15) is 10.0 Å². The second kappa shape index (κ2) is 4.25. The van der Waals surface area contributed by atoms with Gasteiger partial charge in [0.1, 0.15) is 0 Å². The van der Waals surface area contributed by atoms with E-state index in [1.165, 1.54) is 11.3 Å². The zero-order valence-corrected chi connectivity index (χ0v) is 11.8. The van der Waals surface area contributed by atoms with Crippen LogP contribution in [0.3, 0.4) is 0 Å². The fourth-order valence-corrected chi connectivity index (χ4v) is 2.90. The largest absolute Gasteiger partial charge is 0.346 e. The number of hydrogen-bond acceptors (Lipinski definition) is 6. The summed E-state index contributed by atoms with van der Waals surface area (Å²) in [5, 5.41) is 14.4. The van der Waals surface area contributed by atoms with Gasteiger partial charge in [0, 0.05) is 5.54 Å². The zero-order valence-electron chi connectivity index (χ0n) is 11.0. The minimum atomic E-state index is -0.511. The molecule has 6 nitrogen and oxygen atoms in total. The van der Waals surface area contributed by atoms with Crippen molar-refractivity contribution in [1.29, 1.82) is 0 Å². The molecule has 100 valence electrons. The van der Waals surface area contributed by atoms with E-state index in [0.717, 1.165) is 11.7 Å². The molecule has 0 bridgehead atoms. The topological polar surface area (TPSA) is 78.4 Å². The summed E-state index contributed by atoms with van der Waals surface area (Å²) < 4.78 is 7.71. The van der Waals surface area contributed by atoms with Crippen molar-refractivity contribution >= 4 is 17.6 Å². The smallest absolute Gasteiger partial charge is 0.272 e. The molecule has 0 aliphatic carbocycles. The third-order valence-corrected chi connectivity index (χ3v) is 4.05. The van der Waals surface area contributed by atoms with Crippen molar-refractivity contribution in [2.75, 3.05) is 0 Å². The van der Waals surface area contributed by atoms with E-state index in [-0.39, 0.29) is 17.5 Å². The summed E-state index contributed by atoms with van der Waals surface area (Å²) in [5.41, 5.74) is -0.547. The quantitative estimate of drug-likeness (QED) is 0.846. The van der Waals surface area contributed by atoms with Crippen LogP contribution in [-0.4, -0.2) is 42.0 Å². The molecule has 1 aromatic heterocycles. The Kier molecular flexibility index (Phi) is 3.16. The van der Waals surface area contributed by atoms with E-state index >= 15 is 0 Å². The summed E-state index contributed by atoms with van der Waals surface area (Å²) in [6.07, 6.45) is 2.13. The van der Waals surface area contributed by atoms with Gasteiger partial charge in [-0.1, -0.05) is 0 Å². The molecule has 1 aromatic rings. The van der Waals surface area contributed by atoms with Gasteiger partial charge in [0.2, 0.25) is 0 Å². The summed E-state index contributed by atoms with van der Waals surface area (Å²) >= 11 is 1.01. The van der Waals surface area contributed by atoms with Crippen molar-refractivity contribution in [3.8, 4) is 0 Å². The number of carbonyl (C=O) groups is 1. The van der Waals surface area contributed by atoms with Gasteiger partial charge in [-0.15, -0.1) is 0 Å². The summed E-state index contributed by atoms with van der Waals surface area (Å²) in [4.78, 5) is 12.0. The van der Waals surface area contributed by atoms with Gasteiger partial charge in [0.25, 0.3) is 5.91 Å². The van der Waals surface area contributed by atoms with Crippen LogP contribution in [0.5, 0.6) is 0 Å². The first-order chi connectivity index (χ1) is 8.25. The molecule has 1 aliphatic rings. The van der Waals surface area contributed by atoms with Crippen molar-refractivity contribution in [2.24, 2.45) is 0 Å². The van der Waals surface area contributed by atoms with Crippen molar-refractivity contribution in [1.82, 2.24) is 19.1 Å². The van der Waals surface area contributed by atoms with E-state index in [1.54, 1.807) is 0 Å². The molecule has 0 spiro atoms. The average molecular weight is 270 g/mol. The maximum Gasteiger partial charge on any atom is 0.272 e. The molecule has 0 radical (unpaired) electrons. The Balaban J connectivity index is 2.13. The van der Waals surface area contributed by atoms with E-state index < -0.39 is 5.54 Å². The van der Waals surface area contributed by atoms with Crippen molar-refractivity contribution in [2.45, 2.75) is 51.2 Å². The molecule has 2 N–H and O–H groups in total. The summed E-state index contributed by atoms with van der Waals surface area (Å²) in [6, 6.07) is -0.133. The first-order valence-electron chi connectivity index (χ1n) is 5.83. The molecule has 0 aromatic carbocycles. The van der Waals surface area contributed by atoms with Crippen LogP contribution in [0.1, 0.15) is 44.6 Å². The normalized spacial score (nSPS) is 26.2. The number of nitrogens with zero attached hydrogens (tertiary/aromatic N) is 3. The van der Waals surface area contributed by atoms with E-state index in [1.807, 2.05) is 27.7 Å². The lowest BCUT2D eigenvalue weighted by Gasteiger charge is -2.35. The molecule has 18 heavy (non-hydrogen) atoms. The second-order valence-electron chi connectivity index (χ2n) is 5.80. The second-order valence-corrected chi connectivity index (χ2v) is 6.36. The number of hydroxylamine groups is 2. The number of carbonyl (C=O) groups excluding carboxylic acids is 1. The number of aromatic nitrogens is 2. The summed E-state index contributed by atoms with van der Waals surface area (Å²) in [6.45, 7) is 7.72. The van der Waals surface area contributed by atoms with Gasteiger partial charge in [0.15, 0.2) is 5.69 Å².